The Morgan fingerprint density at radius 3 is 2.41 bits per heavy atom. The van der Waals surface area contributed by atoms with Gasteiger partial charge in [0.05, 0.1) is 7.11 Å². The van der Waals surface area contributed by atoms with Gasteiger partial charge in [-0.3, -0.25) is 4.90 Å². The Hall–Kier alpha value is -1.52. The highest BCUT2D eigenvalue weighted by molar-refractivity contribution is 5.88. The van der Waals surface area contributed by atoms with Gasteiger partial charge in [0.2, 0.25) is 0 Å². The third-order valence-corrected chi connectivity index (χ3v) is 2.50. The summed E-state index contributed by atoms with van der Waals surface area (Å²) in [5, 5.41) is 0. The molecule has 17 heavy (non-hydrogen) atoms. The van der Waals surface area contributed by atoms with Gasteiger partial charge < -0.3 is 9.47 Å². The van der Waals surface area contributed by atoms with E-state index in [2.05, 4.69) is 0 Å². The maximum Gasteiger partial charge on any atom is 0.411 e. The molecule has 0 radical (unpaired) electrons. The van der Waals surface area contributed by atoms with Crippen molar-refractivity contribution < 1.29 is 19.1 Å². The maximum atomic E-state index is 12.0. The molecule has 0 unspecified atom stereocenters. The van der Waals surface area contributed by atoms with Crippen molar-refractivity contribution in [3.05, 3.63) is 12.2 Å². The molecule has 1 aliphatic heterocycles. The van der Waals surface area contributed by atoms with Gasteiger partial charge in [0, 0.05) is 6.54 Å². The predicted molar refractivity (Wildman–Crippen MR) is 62.5 cm³/mol. The zero-order chi connectivity index (χ0) is 13.3. The van der Waals surface area contributed by atoms with Crippen LogP contribution in [0.4, 0.5) is 4.79 Å². The predicted octanol–water partition coefficient (Wildman–Crippen LogP) is 1.72. The molecule has 1 atom stereocenters. The molecule has 0 aliphatic carbocycles. The van der Waals surface area contributed by atoms with E-state index in [1.807, 2.05) is 0 Å². The summed E-state index contributed by atoms with van der Waals surface area (Å²) in [5.41, 5.74) is -1.66. The summed E-state index contributed by atoms with van der Waals surface area (Å²) in [5.74, 6) is -0.475. The number of ether oxygens (including phenoxy) is 2. The van der Waals surface area contributed by atoms with Gasteiger partial charge in [-0.2, -0.15) is 0 Å². The number of esters is 1. The van der Waals surface area contributed by atoms with Gasteiger partial charge in [0.25, 0.3) is 0 Å². The molecule has 0 saturated carbocycles. The van der Waals surface area contributed by atoms with Crippen LogP contribution in [0.2, 0.25) is 0 Å². The van der Waals surface area contributed by atoms with Crippen LogP contribution in [0.5, 0.6) is 0 Å². The lowest BCUT2D eigenvalue weighted by Gasteiger charge is -2.33. The van der Waals surface area contributed by atoms with E-state index >= 15 is 0 Å². The fourth-order valence-corrected chi connectivity index (χ4v) is 1.63. The zero-order valence-electron chi connectivity index (χ0n) is 10.9. The van der Waals surface area contributed by atoms with Crippen molar-refractivity contribution in [3.63, 3.8) is 0 Å². The van der Waals surface area contributed by atoms with E-state index in [1.165, 1.54) is 12.0 Å². The van der Waals surface area contributed by atoms with E-state index < -0.39 is 23.2 Å². The first-order chi connectivity index (χ1) is 7.70. The molecule has 5 nitrogen and oxygen atoms in total. The summed E-state index contributed by atoms with van der Waals surface area (Å²) < 4.78 is 9.96. The Kier molecular flexibility index (Phi) is 3.50. The highest BCUT2D eigenvalue weighted by Crippen LogP contribution is 2.26. The summed E-state index contributed by atoms with van der Waals surface area (Å²) >= 11 is 0. The second-order valence-corrected chi connectivity index (χ2v) is 5.13. The minimum Gasteiger partial charge on any atom is -0.467 e. The monoisotopic (exact) mass is 241 g/mol. The highest BCUT2D eigenvalue weighted by atomic mass is 16.6. The molecular weight excluding hydrogens is 222 g/mol. The molecule has 0 saturated heterocycles. The Bertz CT molecular complexity index is 356. The van der Waals surface area contributed by atoms with Crippen LogP contribution >= 0.6 is 0 Å². The molecule has 0 N–H and O–H groups in total. The van der Waals surface area contributed by atoms with E-state index in [1.54, 1.807) is 39.8 Å². The van der Waals surface area contributed by atoms with Crippen LogP contribution in [0.15, 0.2) is 12.2 Å². The lowest BCUT2D eigenvalue weighted by molar-refractivity contribution is -0.149. The number of rotatable bonds is 1. The number of carbonyl (C=O) groups excluding carboxylic acids is 2. The van der Waals surface area contributed by atoms with Crippen molar-refractivity contribution in [1.82, 2.24) is 4.90 Å². The third-order valence-electron chi connectivity index (χ3n) is 2.50. The van der Waals surface area contributed by atoms with Gasteiger partial charge in [-0.1, -0.05) is 12.2 Å². The molecule has 1 heterocycles. The number of amides is 1. The maximum absolute atomic E-state index is 12.0. The Morgan fingerprint density at radius 2 is 1.94 bits per heavy atom. The lowest BCUT2D eigenvalue weighted by atomic mass is 10.0. The minimum atomic E-state index is -1.07. The second-order valence-electron chi connectivity index (χ2n) is 5.13. The van der Waals surface area contributed by atoms with Crippen molar-refractivity contribution in [3.8, 4) is 0 Å². The molecule has 0 aromatic carbocycles. The number of nitrogens with zero attached hydrogens (tertiary/aromatic N) is 1. The molecule has 0 fully saturated rings. The van der Waals surface area contributed by atoms with Crippen LogP contribution in [0.3, 0.4) is 0 Å². The van der Waals surface area contributed by atoms with Crippen LogP contribution in [0, 0.1) is 0 Å². The number of carbonyl (C=O) groups is 2. The van der Waals surface area contributed by atoms with Gasteiger partial charge in [0.15, 0.2) is 5.54 Å². The molecule has 5 heteroatoms. The van der Waals surface area contributed by atoms with E-state index in [4.69, 9.17) is 9.47 Å². The first kappa shape index (κ1) is 13.5. The Morgan fingerprint density at radius 1 is 1.35 bits per heavy atom. The van der Waals surface area contributed by atoms with E-state index in [9.17, 15) is 9.59 Å². The highest BCUT2D eigenvalue weighted by Gasteiger charge is 2.45. The largest absolute Gasteiger partial charge is 0.467 e. The first-order valence-electron chi connectivity index (χ1n) is 5.47. The summed E-state index contributed by atoms with van der Waals surface area (Å²) in [6.45, 7) is 7.32. The quantitative estimate of drug-likeness (QED) is 0.518. The van der Waals surface area contributed by atoms with Crippen molar-refractivity contribution in [2.24, 2.45) is 0 Å². The molecule has 1 rings (SSSR count). The summed E-state index contributed by atoms with van der Waals surface area (Å²) in [6.07, 6.45) is 2.89. The average molecular weight is 241 g/mol. The number of hydrogen-bond acceptors (Lipinski definition) is 4. The van der Waals surface area contributed by atoms with Crippen molar-refractivity contribution >= 4 is 12.1 Å². The van der Waals surface area contributed by atoms with Crippen LogP contribution in [0.1, 0.15) is 27.7 Å². The molecular formula is C12H19NO4. The SMILES string of the molecule is COC(=O)[C@@]1(C)C=CCN1C(=O)OC(C)(C)C. The van der Waals surface area contributed by atoms with Crippen molar-refractivity contribution in [1.29, 1.82) is 0 Å². The molecule has 0 aromatic rings. The molecule has 0 bridgehead atoms. The third kappa shape index (κ3) is 2.78. The molecule has 0 aromatic heterocycles. The minimum absolute atomic E-state index is 0.348. The molecule has 1 amide bonds. The molecule has 0 spiro atoms. The van der Waals surface area contributed by atoms with Gasteiger partial charge in [-0.05, 0) is 27.7 Å². The molecule has 96 valence electrons. The fraction of sp³-hybridized carbons (Fsp3) is 0.667. The normalized spacial score (nSPS) is 23.7. The second kappa shape index (κ2) is 4.39. The zero-order valence-corrected chi connectivity index (χ0v) is 10.9. The van der Waals surface area contributed by atoms with E-state index in [0.29, 0.717) is 6.54 Å². The standard InChI is InChI=1S/C12H19NO4/c1-11(2,3)17-10(15)13-8-6-7-12(13,4)9(14)16-5/h6-7H,8H2,1-5H3/t12-/m1/s1. The summed E-state index contributed by atoms with van der Waals surface area (Å²) in [6, 6.07) is 0. The topological polar surface area (TPSA) is 55.8 Å². The van der Waals surface area contributed by atoms with Crippen molar-refractivity contribution in [2.45, 2.75) is 38.8 Å². The smallest absolute Gasteiger partial charge is 0.411 e. The van der Waals surface area contributed by atoms with Gasteiger partial charge in [0.1, 0.15) is 5.60 Å². The summed E-state index contributed by atoms with van der Waals surface area (Å²) in [7, 11) is 1.30. The summed E-state index contributed by atoms with van der Waals surface area (Å²) in [4.78, 5) is 25.0. The van der Waals surface area contributed by atoms with Gasteiger partial charge in [-0.25, -0.2) is 9.59 Å². The van der Waals surface area contributed by atoms with Crippen LogP contribution < -0.4 is 0 Å². The number of methoxy groups -OCH3 is 1. The van der Waals surface area contributed by atoms with Crippen molar-refractivity contribution in [2.75, 3.05) is 13.7 Å². The average Bonchev–Trinajstić information content (AvgIpc) is 2.58. The van der Waals surface area contributed by atoms with E-state index in [0.717, 1.165) is 0 Å². The van der Waals surface area contributed by atoms with Crippen LogP contribution in [-0.4, -0.2) is 41.8 Å². The Labute approximate surface area is 101 Å². The van der Waals surface area contributed by atoms with Gasteiger partial charge >= 0.3 is 12.1 Å². The fourth-order valence-electron chi connectivity index (χ4n) is 1.63. The first-order valence-corrected chi connectivity index (χ1v) is 5.47. The van der Waals surface area contributed by atoms with Crippen LogP contribution in [-0.2, 0) is 14.3 Å². The lowest BCUT2D eigenvalue weighted by Crippen LogP contribution is -2.52. The Balaban J connectivity index is 2.85. The van der Waals surface area contributed by atoms with E-state index in [-0.39, 0.29) is 0 Å². The van der Waals surface area contributed by atoms with Crippen LogP contribution in [0.25, 0.3) is 0 Å². The van der Waals surface area contributed by atoms with Gasteiger partial charge in [-0.15, -0.1) is 0 Å². The number of hydrogen-bond donors (Lipinski definition) is 0. The molecule has 1 aliphatic rings.